The number of nitrogens with two attached hydrogens (primary N) is 1. The van der Waals surface area contributed by atoms with Crippen LogP contribution in [0.5, 0.6) is 0 Å². The minimum Gasteiger partial charge on any atom is -0.308 e. The highest BCUT2D eigenvalue weighted by atomic mass is 35.5. The molecule has 0 amide bonds. The van der Waals surface area contributed by atoms with Gasteiger partial charge in [0.2, 0.25) is 0 Å². The van der Waals surface area contributed by atoms with Gasteiger partial charge in [-0.3, -0.25) is 10.1 Å². The fraction of sp³-hybridized carbons (Fsp3) is 0. The minimum atomic E-state index is -0.508. The maximum atomic E-state index is 10.9. The van der Waals surface area contributed by atoms with E-state index in [0.717, 1.165) is 11.8 Å². The van der Waals surface area contributed by atoms with Crippen molar-refractivity contribution in [3.05, 3.63) is 45.6 Å². The first kappa shape index (κ1) is 13.5. The first-order valence-corrected chi connectivity index (χ1v) is 6.21. The number of halogens is 1. The molecule has 0 atom stereocenters. The van der Waals surface area contributed by atoms with Gasteiger partial charge in [-0.1, -0.05) is 11.6 Å². The van der Waals surface area contributed by atoms with Gasteiger partial charge in [-0.25, -0.2) is 15.8 Å². The van der Waals surface area contributed by atoms with Crippen molar-refractivity contribution in [1.29, 1.82) is 0 Å². The van der Waals surface area contributed by atoms with Gasteiger partial charge < -0.3 is 5.43 Å². The molecule has 0 aromatic carbocycles. The molecule has 0 aliphatic rings. The summed E-state index contributed by atoms with van der Waals surface area (Å²) in [5.41, 5.74) is 2.23. The van der Waals surface area contributed by atoms with Gasteiger partial charge in [-0.15, -0.1) is 0 Å². The van der Waals surface area contributed by atoms with E-state index in [1.165, 1.54) is 18.3 Å². The number of pyridine rings is 2. The van der Waals surface area contributed by atoms with E-state index in [4.69, 9.17) is 17.4 Å². The molecule has 0 spiro atoms. The first-order chi connectivity index (χ1) is 9.10. The molecule has 98 valence electrons. The number of anilines is 1. The Balaban J connectivity index is 2.36. The van der Waals surface area contributed by atoms with Crippen molar-refractivity contribution in [1.82, 2.24) is 9.97 Å². The Morgan fingerprint density at radius 2 is 2.16 bits per heavy atom. The van der Waals surface area contributed by atoms with Crippen molar-refractivity contribution in [3.8, 4) is 0 Å². The van der Waals surface area contributed by atoms with Crippen LogP contribution in [0.2, 0.25) is 5.02 Å². The highest BCUT2D eigenvalue weighted by Gasteiger charge is 2.17. The lowest BCUT2D eigenvalue weighted by Gasteiger charge is -2.04. The fourth-order valence-electron chi connectivity index (χ4n) is 1.25. The number of hydrazine groups is 1. The first-order valence-electron chi connectivity index (χ1n) is 5.01. The Bertz CT molecular complexity index is 607. The van der Waals surface area contributed by atoms with Crippen LogP contribution >= 0.6 is 23.4 Å². The van der Waals surface area contributed by atoms with Crippen molar-refractivity contribution in [2.45, 2.75) is 10.1 Å². The molecule has 2 rings (SSSR count). The second-order valence-corrected chi connectivity index (χ2v) is 4.78. The van der Waals surface area contributed by atoms with E-state index in [1.54, 1.807) is 12.1 Å². The Hall–Kier alpha value is -1.90. The van der Waals surface area contributed by atoms with Crippen LogP contribution in [-0.2, 0) is 0 Å². The Morgan fingerprint density at radius 3 is 2.74 bits per heavy atom. The number of rotatable bonds is 4. The number of nitrogens with zero attached hydrogens (tertiary/aromatic N) is 3. The quantitative estimate of drug-likeness (QED) is 0.507. The van der Waals surface area contributed by atoms with E-state index in [-0.39, 0.29) is 10.7 Å². The topological polar surface area (TPSA) is 107 Å². The summed E-state index contributed by atoms with van der Waals surface area (Å²) >= 11 is 6.78. The molecular formula is C10H8ClN5O2S. The molecule has 0 bridgehead atoms. The van der Waals surface area contributed by atoms with Gasteiger partial charge in [-0.2, -0.15) is 0 Å². The normalized spacial score (nSPS) is 10.2. The number of nitrogen functional groups attached to an aromatic ring is 1. The molecule has 0 aliphatic heterocycles. The van der Waals surface area contributed by atoms with E-state index in [1.807, 2.05) is 0 Å². The predicted molar refractivity (Wildman–Crippen MR) is 72.1 cm³/mol. The Labute approximate surface area is 117 Å². The predicted octanol–water partition coefficient (Wildman–Crippen LogP) is 2.48. The molecule has 0 fully saturated rings. The lowest BCUT2D eigenvalue weighted by molar-refractivity contribution is -0.388. The Morgan fingerprint density at radius 1 is 1.37 bits per heavy atom. The van der Waals surface area contributed by atoms with E-state index in [0.29, 0.717) is 15.9 Å². The summed E-state index contributed by atoms with van der Waals surface area (Å²) in [5.74, 6) is 5.57. The summed E-state index contributed by atoms with van der Waals surface area (Å²) in [6.45, 7) is 0. The van der Waals surface area contributed by atoms with Crippen LogP contribution in [0.25, 0.3) is 0 Å². The molecule has 3 N–H and O–H groups in total. The number of nitrogens with one attached hydrogen (secondary N) is 1. The largest absolute Gasteiger partial charge is 0.308 e. The van der Waals surface area contributed by atoms with Crippen LogP contribution < -0.4 is 11.3 Å². The summed E-state index contributed by atoms with van der Waals surface area (Å²) < 4.78 is 0. The zero-order valence-electron chi connectivity index (χ0n) is 9.41. The smallest absolute Gasteiger partial charge is 0.301 e. The van der Waals surface area contributed by atoms with Crippen LogP contribution in [0.3, 0.4) is 0 Å². The maximum absolute atomic E-state index is 10.9. The van der Waals surface area contributed by atoms with Crippen LogP contribution in [0.1, 0.15) is 0 Å². The zero-order chi connectivity index (χ0) is 13.8. The SMILES string of the molecule is NNc1ccc([N+](=O)[O-])c(Sc2ccc(Cl)cn2)n1. The van der Waals surface area contributed by atoms with Gasteiger partial charge in [0, 0.05) is 12.3 Å². The number of nitro groups is 1. The standard InChI is InChI=1S/C10H8ClN5O2S/c11-6-1-4-9(13-5-6)19-10-7(16(17)18)2-3-8(14-10)15-12/h1-5H,12H2,(H,14,15). The van der Waals surface area contributed by atoms with Crippen LogP contribution in [0, 0.1) is 10.1 Å². The summed E-state index contributed by atoms with van der Waals surface area (Å²) in [6.07, 6.45) is 1.46. The average molecular weight is 298 g/mol. The number of aromatic nitrogens is 2. The molecule has 19 heavy (non-hydrogen) atoms. The number of hydrogen-bond donors (Lipinski definition) is 2. The summed E-state index contributed by atoms with van der Waals surface area (Å²) in [7, 11) is 0. The second kappa shape index (κ2) is 5.83. The fourth-order valence-corrected chi connectivity index (χ4v) is 2.19. The van der Waals surface area contributed by atoms with E-state index >= 15 is 0 Å². The van der Waals surface area contributed by atoms with Gasteiger partial charge in [0.25, 0.3) is 0 Å². The van der Waals surface area contributed by atoms with E-state index in [2.05, 4.69) is 15.4 Å². The van der Waals surface area contributed by atoms with Crippen molar-refractivity contribution in [3.63, 3.8) is 0 Å². The van der Waals surface area contributed by atoms with Crippen LogP contribution in [0.4, 0.5) is 11.5 Å². The molecule has 9 heteroatoms. The minimum absolute atomic E-state index is 0.110. The van der Waals surface area contributed by atoms with Crippen molar-refractivity contribution in [2.24, 2.45) is 5.84 Å². The third-order valence-corrected chi connectivity index (χ3v) is 3.25. The van der Waals surface area contributed by atoms with Gasteiger partial charge in [-0.05, 0) is 30.0 Å². The molecule has 2 aromatic heterocycles. The molecule has 2 heterocycles. The Kier molecular flexibility index (Phi) is 4.15. The van der Waals surface area contributed by atoms with Gasteiger partial charge in [0.1, 0.15) is 10.8 Å². The third kappa shape index (κ3) is 3.31. The molecule has 0 saturated heterocycles. The van der Waals surface area contributed by atoms with Crippen molar-refractivity contribution >= 4 is 34.9 Å². The highest BCUT2D eigenvalue weighted by Crippen LogP contribution is 2.33. The number of hydrogen-bond acceptors (Lipinski definition) is 7. The monoisotopic (exact) mass is 297 g/mol. The third-order valence-electron chi connectivity index (χ3n) is 2.09. The average Bonchev–Trinajstić information content (AvgIpc) is 2.41. The molecule has 0 saturated carbocycles. The summed E-state index contributed by atoms with van der Waals surface area (Å²) in [6, 6.07) is 6.06. The summed E-state index contributed by atoms with van der Waals surface area (Å²) in [5, 5.41) is 12.2. The van der Waals surface area contributed by atoms with Gasteiger partial charge in [0.15, 0.2) is 5.03 Å². The second-order valence-electron chi connectivity index (χ2n) is 3.34. The van der Waals surface area contributed by atoms with E-state index < -0.39 is 4.92 Å². The van der Waals surface area contributed by atoms with Crippen molar-refractivity contribution < 1.29 is 4.92 Å². The summed E-state index contributed by atoms with van der Waals surface area (Å²) in [4.78, 5) is 18.5. The molecule has 7 nitrogen and oxygen atoms in total. The van der Waals surface area contributed by atoms with E-state index in [9.17, 15) is 10.1 Å². The zero-order valence-corrected chi connectivity index (χ0v) is 11.0. The molecular weight excluding hydrogens is 290 g/mol. The van der Waals surface area contributed by atoms with Crippen LogP contribution in [0.15, 0.2) is 40.5 Å². The lowest BCUT2D eigenvalue weighted by atomic mass is 10.4. The molecule has 0 aliphatic carbocycles. The highest BCUT2D eigenvalue weighted by molar-refractivity contribution is 7.99. The van der Waals surface area contributed by atoms with Gasteiger partial charge >= 0.3 is 5.69 Å². The lowest BCUT2D eigenvalue weighted by Crippen LogP contribution is -2.09. The van der Waals surface area contributed by atoms with Crippen molar-refractivity contribution in [2.75, 3.05) is 5.43 Å². The van der Waals surface area contributed by atoms with Gasteiger partial charge in [0.05, 0.1) is 9.95 Å². The molecule has 0 radical (unpaired) electrons. The maximum Gasteiger partial charge on any atom is 0.301 e. The van der Waals surface area contributed by atoms with Crippen LogP contribution in [-0.4, -0.2) is 14.9 Å². The molecule has 0 unspecified atom stereocenters. The molecule has 2 aromatic rings.